The van der Waals surface area contributed by atoms with Crippen LogP contribution in [0, 0.1) is 5.92 Å². The highest BCUT2D eigenvalue weighted by molar-refractivity contribution is 5.90. The van der Waals surface area contributed by atoms with Crippen LogP contribution in [0.4, 0.5) is 0 Å². The third-order valence-corrected chi connectivity index (χ3v) is 3.71. The van der Waals surface area contributed by atoms with Gasteiger partial charge in [0.05, 0.1) is 17.5 Å². The van der Waals surface area contributed by atoms with Gasteiger partial charge in [-0.1, -0.05) is 49.4 Å². The minimum Gasteiger partial charge on any atom is -0.407 e. The smallest absolute Gasteiger partial charge is 0.407 e. The fraction of sp³-hybridized carbons (Fsp3) is 0.176. The number of hydrogen-bond donors (Lipinski definition) is 1. The number of carbonyl (C=O) groups excluding carboxylic acids is 1. The maximum Gasteiger partial charge on any atom is 0.426 e. The van der Waals surface area contributed by atoms with Crippen molar-refractivity contribution < 1.29 is 14.3 Å². The molecule has 0 aliphatic rings. The normalized spacial score (nSPS) is 13.9. The Morgan fingerprint density at radius 3 is 2.45 bits per heavy atom. The van der Waals surface area contributed by atoms with E-state index in [-0.39, 0.29) is 0 Å². The first-order valence-corrected chi connectivity index (χ1v) is 6.97. The number of hydrogen-bond acceptors (Lipinski definition) is 4. The predicted octanol–water partition coefficient (Wildman–Crippen LogP) is 2.60. The average Bonchev–Trinajstić information content (AvgIpc) is 2.89. The van der Waals surface area contributed by atoms with Gasteiger partial charge >= 0.3 is 5.76 Å². The number of aliphatic hydroxyl groups excluding tert-OH is 1. The van der Waals surface area contributed by atoms with Gasteiger partial charge in [-0.05, 0) is 17.7 Å². The van der Waals surface area contributed by atoms with Crippen molar-refractivity contribution >= 4 is 17.0 Å². The lowest BCUT2D eigenvalue weighted by molar-refractivity contribution is 0.0626. The Hall–Kier alpha value is -2.66. The van der Waals surface area contributed by atoms with E-state index in [0.717, 1.165) is 4.57 Å². The van der Waals surface area contributed by atoms with E-state index in [9.17, 15) is 14.7 Å². The maximum atomic E-state index is 12.6. The quantitative estimate of drug-likeness (QED) is 0.806. The van der Waals surface area contributed by atoms with Crippen molar-refractivity contribution in [2.24, 2.45) is 5.92 Å². The molecule has 0 fully saturated rings. The summed E-state index contributed by atoms with van der Waals surface area (Å²) < 4.78 is 6.04. The van der Waals surface area contributed by atoms with Gasteiger partial charge in [0.2, 0.25) is 5.91 Å². The number of nitrogens with zero attached hydrogens (tertiary/aromatic N) is 1. The first-order valence-electron chi connectivity index (χ1n) is 6.97. The van der Waals surface area contributed by atoms with Gasteiger partial charge in [-0.2, -0.15) is 0 Å². The molecular formula is C17H15NO4. The van der Waals surface area contributed by atoms with Crippen molar-refractivity contribution in [3.63, 3.8) is 0 Å². The van der Waals surface area contributed by atoms with Crippen molar-refractivity contribution in [1.82, 2.24) is 4.57 Å². The molecule has 0 saturated heterocycles. The van der Waals surface area contributed by atoms with Crippen LogP contribution in [-0.2, 0) is 0 Å². The topological polar surface area (TPSA) is 72.4 Å². The van der Waals surface area contributed by atoms with Crippen molar-refractivity contribution in [3.05, 3.63) is 70.7 Å². The summed E-state index contributed by atoms with van der Waals surface area (Å²) in [6.07, 6.45) is -0.991. The summed E-state index contributed by atoms with van der Waals surface area (Å²) >= 11 is 0. The molecule has 3 rings (SSSR count). The summed E-state index contributed by atoms with van der Waals surface area (Å²) in [5.41, 5.74) is 1.39. The third-order valence-electron chi connectivity index (χ3n) is 3.71. The molecule has 1 N–H and O–H groups in total. The van der Waals surface area contributed by atoms with Gasteiger partial charge in [-0.15, -0.1) is 0 Å². The van der Waals surface area contributed by atoms with Gasteiger partial charge in [0.1, 0.15) is 0 Å². The molecule has 5 nitrogen and oxygen atoms in total. The molecule has 0 unspecified atom stereocenters. The number of aliphatic hydroxyl groups is 1. The number of aromatic nitrogens is 1. The summed E-state index contributed by atoms with van der Waals surface area (Å²) in [5, 5.41) is 10.4. The Morgan fingerprint density at radius 2 is 1.73 bits per heavy atom. The molecule has 22 heavy (non-hydrogen) atoms. The Kier molecular flexibility index (Phi) is 3.65. The summed E-state index contributed by atoms with van der Waals surface area (Å²) in [5.74, 6) is -2.01. The van der Waals surface area contributed by atoms with Crippen LogP contribution in [0.25, 0.3) is 11.1 Å². The Morgan fingerprint density at radius 1 is 1.09 bits per heavy atom. The van der Waals surface area contributed by atoms with E-state index in [2.05, 4.69) is 0 Å². The van der Waals surface area contributed by atoms with E-state index in [1.807, 2.05) is 6.07 Å². The van der Waals surface area contributed by atoms with Crippen molar-refractivity contribution in [2.45, 2.75) is 13.0 Å². The molecule has 1 aromatic heterocycles. The molecule has 0 aliphatic heterocycles. The number of carbonyl (C=O) groups is 1. The third kappa shape index (κ3) is 2.35. The number of oxazole rings is 1. The predicted molar refractivity (Wildman–Crippen MR) is 81.7 cm³/mol. The molecule has 1 heterocycles. The van der Waals surface area contributed by atoms with Gasteiger partial charge < -0.3 is 9.52 Å². The average molecular weight is 297 g/mol. The van der Waals surface area contributed by atoms with E-state index in [1.54, 1.807) is 55.5 Å². The SMILES string of the molecule is C[C@@H](C(=O)n1c(=O)oc2ccccc21)[C@H](O)c1ccccc1. The van der Waals surface area contributed by atoms with E-state index in [1.165, 1.54) is 0 Å². The van der Waals surface area contributed by atoms with Crippen LogP contribution >= 0.6 is 0 Å². The number of fused-ring (bicyclic) bond motifs is 1. The molecule has 0 bridgehead atoms. The van der Waals surface area contributed by atoms with Crippen LogP contribution in [0.1, 0.15) is 23.4 Å². The summed E-state index contributed by atoms with van der Waals surface area (Å²) in [4.78, 5) is 24.5. The lowest BCUT2D eigenvalue weighted by atomic mass is 9.96. The second kappa shape index (κ2) is 5.61. The number of rotatable bonds is 3. The Balaban J connectivity index is 1.99. The van der Waals surface area contributed by atoms with Crippen LogP contribution in [0.15, 0.2) is 63.8 Å². The van der Waals surface area contributed by atoms with E-state index in [4.69, 9.17) is 4.42 Å². The van der Waals surface area contributed by atoms with Crippen LogP contribution < -0.4 is 5.76 Å². The lowest BCUT2D eigenvalue weighted by Gasteiger charge is -2.17. The standard InChI is InChI=1S/C17H15NO4/c1-11(15(19)12-7-3-2-4-8-12)16(20)18-13-9-5-6-10-14(13)22-17(18)21/h2-11,15,19H,1H3/t11-,15+/m1/s1. The molecular weight excluding hydrogens is 282 g/mol. The first kappa shape index (κ1) is 14.3. The van der Waals surface area contributed by atoms with Crippen molar-refractivity contribution in [3.8, 4) is 0 Å². The van der Waals surface area contributed by atoms with E-state index >= 15 is 0 Å². The van der Waals surface area contributed by atoms with Crippen LogP contribution in [0.5, 0.6) is 0 Å². The molecule has 0 amide bonds. The molecule has 5 heteroatoms. The van der Waals surface area contributed by atoms with E-state index in [0.29, 0.717) is 16.7 Å². The summed E-state index contributed by atoms with van der Waals surface area (Å²) in [7, 11) is 0. The molecule has 0 saturated carbocycles. The fourth-order valence-corrected chi connectivity index (χ4v) is 2.45. The summed E-state index contributed by atoms with van der Waals surface area (Å²) in [6.45, 7) is 1.59. The largest absolute Gasteiger partial charge is 0.426 e. The molecule has 0 aliphatic carbocycles. The zero-order chi connectivity index (χ0) is 15.7. The highest BCUT2D eigenvalue weighted by Gasteiger charge is 2.27. The van der Waals surface area contributed by atoms with Crippen LogP contribution in [0.3, 0.4) is 0 Å². The highest BCUT2D eigenvalue weighted by atomic mass is 16.4. The van der Waals surface area contributed by atoms with Gasteiger partial charge in [0.25, 0.3) is 0 Å². The number of para-hydroxylation sites is 2. The maximum absolute atomic E-state index is 12.6. The van der Waals surface area contributed by atoms with Gasteiger partial charge in [0, 0.05) is 0 Å². The van der Waals surface area contributed by atoms with Gasteiger partial charge in [0.15, 0.2) is 5.58 Å². The minimum absolute atomic E-state index is 0.349. The van der Waals surface area contributed by atoms with Crippen molar-refractivity contribution in [1.29, 1.82) is 0 Å². The zero-order valence-corrected chi connectivity index (χ0v) is 12.0. The monoisotopic (exact) mass is 297 g/mol. The molecule has 2 atom stereocenters. The minimum atomic E-state index is -0.991. The van der Waals surface area contributed by atoms with Crippen molar-refractivity contribution in [2.75, 3.05) is 0 Å². The Labute approximate surface area is 126 Å². The van der Waals surface area contributed by atoms with Crippen LogP contribution in [0.2, 0.25) is 0 Å². The van der Waals surface area contributed by atoms with Crippen LogP contribution in [-0.4, -0.2) is 15.6 Å². The molecule has 3 aromatic rings. The second-order valence-corrected chi connectivity index (χ2v) is 5.15. The van der Waals surface area contributed by atoms with E-state index < -0.39 is 23.7 Å². The molecule has 112 valence electrons. The summed E-state index contributed by atoms with van der Waals surface area (Å²) in [6, 6.07) is 15.6. The van der Waals surface area contributed by atoms with Gasteiger partial charge in [-0.25, -0.2) is 9.36 Å². The Bertz CT molecular complexity index is 863. The fourth-order valence-electron chi connectivity index (χ4n) is 2.45. The lowest BCUT2D eigenvalue weighted by Crippen LogP contribution is -2.31. The molecule has 0 radical (unpaired) electrons. The molecule has 2 aromatic carbocycles. The highest BCUT2D eigenvalue weighted by Crippen LogP contribution is 2.24. The molecule has 0 spiro atoms. The number of benzene rings is 2. The first-order chi connectivity index (χ1) is 10.6. The second-order valence-electron chi connectivity index (χ2n) is 5.15. The zero-order valence-electron chi connectivity index (χ0n) is 12.0. The van der Waals surface area contributed by atoms with Gasteiger partial charge in [-0.3, -0.25) is 4.79 Å².